The molecule has 0 unspecified atom stereocenters. The van der Waals surface area contributed by atoms with Gasteiger partial charge in [-0.05, 0) is 6.42 Å². The molecule has 0 atom stereocenters. The molecule has 12 heavy (non-hydrogen) atoms. The summed E-state index contributed by atoms with van der Waals surface area (Å²) in [5, 5.41) is 3.22. The van der Waals surface area contributed by atoms with E-state index in [1.165, 1.54) is 25.7 Å². The van der Waals surface area contributed by atoms with Crippen LogP contribution in [0.15, 0.2) is 12.4 Å². The van der Waals surface area contributed by atoms with Crippen molar-refractivity contribution in [2.45, 2.75) is 32.6 Å². The molecule has 68 valence electrons. The van der Waals surface area contributed by atoms with E-state index in [2.05, 4.69) is 22.2 Å². The Morgan fingerprint density at radius 2 is 2.33 bits per heavy atom. The van der Waals surface area contributed by atoms with Gasteiger partial charge >= 0.3 is 0 Å². The van der Waals surface area contributed by atoms with Crippen molar-refractivity contribution >= 4 is 5.95 Å². The minimum absolute atomic E-state index is 0.881. The summed E-state index contributed by atoms with van der Waals surface area (Å²) in [6.07, 6.45) is 8.75. The van der Waals surface area contributed by atoms with Crippen LogP contribution >= 0.6 is 0 Å². The highest BCUT2D eigenvalue weighted by Gasteiger charge is 1.91. The second-order valence-electron chi connectivity index (χ2n) is 2.93. The Labute approximate surface area is 73.6 Å². The first-order chi connectivity index (χ1) is 5.93. The summed E-state index contributed by atoms with van der Waals surface area (Å²) in [6, 6.07) is 0. The van der Waals surface area contributed by atoms with Crippen molar-refractivity contribution in [3.05, 3.63) is 12.4 Å². The molecular weight excluding hydrogens is 150 g/mol. The van der Waals surface area contributed by atoms with E-state index in [0.717, 1.165) is 12.5 Å². The average Bonchev–Trinajstić information content (AvgIpc) is 2.57. The Balaban J connectivity index is 1.96. The van der Waals surface area contributed by atoms with Gasteiger partial charge in [-0.25, -0.2) is 4.98 Å². The van der Waals surface area contributed by atoms with E-state index in [1.54, 1.807) is 6.20 Å². The Morgan fingerprint density at radius 1 is 1.42 bits per heavy atom. The number of hydrogen-bond donors (Lipinski definition) is 2. The molecule has 1 aromatic rings. The van der Waals surface area contributed by atoms with Crippen molar-refractivity contribution in [3.63, 3.8) is 0 Å². The third-order valence-electron chi connectivity index (χ3n) is 1.82. The SMILES string of the molecule is CCCCCCNc1ncc[nH]1. The van der Waals surface area contributed by atoms with Crippen LogP contribution in [0.3, 0.4) is 0 Å². The summed E-state index contributed by atoms with van der Waals surface area (Å²) in [6.45, 7) is 3.24. The highest BCUT2D eigenvalue weighted by atomic mass is 15.1. The summed E-state index contributed by atoms with van der Waals surface area (Å²) >= 11 is 0. The van der Waals surface area contributed by atoms with Gasteiger partial charge in [-0.15, -0.1) is 0 Å². The van der Waals surface area contributed by atoms with E-state index in [-0.39, 0.29) is 0 Å². The van der Waals surface area contributed by atoms with Crippen LogP contribution in [-0.4, -0.2) is 16.5 Å². The number of anilines is 1. The molecule has 2 N–H and O–H groups in total. The highest BCUT2D eigenvalue weighted by Crippen LogP contribution is 2.00. The van der Waals surface area contributed by atoms with Gasteiger partial charge in [-0.3, -0.25) is 0 Å². The number of H-pyrrole nitrogens is 1. The monoisotopic (exact) mass is 167 g/mol. The number of imidazole rings is 1. The molecule has 0 saturated carbocycles. The first kappa shape index (κ1) is 9.10. The van der Waals surface area contributed by atoms with Crippen LogP contribution in [0.1, 0.15) is 32.6 Å². The van der Waals surface area contributed by atoms with Crippen molar-refractivity contribution in [2.24, 2.45) is 0 Å². The second-order valence-corrected chi connectivity index (χ2v) is 2.93. The molecule has 1 heterocycles. The van der Waals surface area contributed by atoms with Gasteiger partial charge < -0.3 is 10.3 Å². The molecule has 0 aliphatic carbocycles. The zero-order valence-corrected chi connectivity index (χ0v) is 7.64. The van der Waals surface area contributed by atoms with Crippen molar-refractivity contribution < 1.29 is 0 Å². The Bertz CT molecular complexity index is 182. The molecule has 0 aliphatic rings. The van der Waals surface area contributed by atoms with Crippen LogP contribution in [0.5, 0.6) is 0 Å². The van der Waals surface area contributed by atoms with Gasteiger partial charge in [0.25, 0.3) is 0 Å². The van der Waals surface area contributed by atoms with Crippen LogP contribution in [0, 0.1) is 0 Å². The molecule has 0 saturated heterocycles. The lowest BCUT2D eigenvalue weighted by atomic mass is 10.2. The van der Waals surface area contributed by atoms with Gasteiger partial charge in [0.05, 0.1) is 0 Å². The first-order valence-electron chi connectivity index (χ1n) is 4.66. The Morgan fingerprint density at radius 3 is 3.00 bits per heavy atom. The normalized spacial score (nSPS) is 10.1. The number of nitrogens with one attached hydrogen (secondary N) is 2. The van der Waals surface area contributed by atoms with Gasteiger partial charge in [0.15, 0.2) is 5.95 Å². The van der Waals surface area contributed by atoms with Crippen molar-refractivity contribution in [2.75, 3.05) is 11.9 Å². The maximum absolute atomic E-state index is 4.07. The number of aromatic amines is 1. The van der Waals surface area contributed by atoms with Crippen LogP contribution in [0.4, 0.5) is 5.95 Å². The third-order valence-corrected chi connectivity index (χ3v) is 1.82. The number of nitrogens with zero attached hydrogens (tertiary/aromatic N) is 1. The van der Waals surface area contributed by atoms with Gasteiger partial charge in [0, 0.05) is 18.9 Å². The second kappa shape index (κ2) is 5.63. The molecule has 0 spiro atoms. The van der Waals surface area contributed by atoms with Gasteiger partial charge in [-0.1, -0.05) is 26.2 Å². The summed E-state index contributed by atoms with van der Waals surface area (Å²) in [5.74, 6) is 0.881. The quantitative estimate of drug-likeness (QED) is 0.639. The summed E-state index contributed by atoms with van der Waals surface area (Å²) in [4.78, 5) is 7.07. The minimum Gasteiger partial charge on any atom is -0.356 e. The Hall–Kier alpha value is -0.990. The number of unbranched alkanes of at least 4 members (excludes halogenated alkanes) is 3. The number of aromatic nitrogens is 2. The summed E-state index contributed by atoms with van der Waals surface area (Å²) < 4.78 is 0. The van der Waals surface area contributed by atoms with E-state index in [9.17, 15) is 0 Å². The predicted molar refractivity (Wildman–Crippen MR) is 51.2 cm³/mol. The Kier molecular flexibility index (Phi) is 4.27. The fourth-order valence-electron chi connectivity index (χ4n) is 1.12. The lowest BCUT2D eigenvalue weighted by Gasteiger charge is -2.01. The number of hydrogen-bond acceptors (Lipinski definition) is 2. The van der Waals surface area contributed by atoms with Crippen LogP contribution < -0.4 is 5.32 Å². The molecule has 1 rings (SSSR count). The van der Waals surface area contributed by atoms with Crippen molar-refractivity contribution in [3.8, 4) is 0 Å². The third kappa shape index (κ3) is 3.42. The first-order valence-corrected chi connectivity index (χ1v) is 4.66. The largest absolute Gasteiger partial charge is 0.356 e. The average molecular weight is 167 g/mol. The van der Waals surface area contributed by atoms with Crippen LogP contribution in [-0.2, 0) is 0 Å². The van der Waals surface area contributed by atoms with E-state index in [4.69, 9.17) is 0 Å². The minimum atomic E-state index is 0.881. The molecule has 0 fully saturated rings. The smallest absolute Gasteiger partial charge is 0.200 e. The maximum atomic E-state index is 4.07. The highest BCUT2D eigenvalue weighted by molar-refractivity contribution is 5.21. The van der Waals surface area contributed by atoms with Crippen LogP contribution in [0.2, 0.25) is 0 Å². The molecule has 0 aromatic carbocycles. The van der Waals surface area contributed by atoms with Crippen molar-refractivity contribution in [1.29, 1.82) is 0 Å². The number of rotatable bonds is 6. The van der Waals surface area contributed by atoms with Gasteiger partial charge in [-0.2, -0.15) is 0 Å². The van der Waals surface area contributed by atoms with Gasteiger partial charge in [0.1, 0.15) is 0 Å². The molecule has 0 bridgehead atoms. The van der Waals surface area contributed by atoms with E-state index < -0.39 is 0 Å². The standard InChI is InChI=1S/C9H17N3/c1-2-3-4-5-6-10-9-11-7-8-12-9/h7-8H,2-6H2,1H3,(H2,10,11,12). The summed E-state index contributed by atoms with van der Waals surface area (Å²) in [5.41, 5.74) is 0. The van der Waals surface area contributed by atoms with E-state index >= 15 is 0 Å². The molecule has 0 aliphatic heterocycles. The maximum Gasteiger partial charge on any atom is 0.200 e. The molecule has 0 radical (unpaired) electrons. The molecule has 1 aromatic heterocycles. The van der Waals surface area contributed by atoms with Crippen molar-refractivity contribution in [1.82, 2.24) is 9.97 Å². The lowest BCUT2D eigenvalue weighted by molar-refractivity contribution is 0.683. The van der Waals surface area contributed by atoms with E-state index in [1.807, 2.05) is 6.20 Å². The van der Waals surface area contributed by atoms with E-state index in [0.29, 0.717) is 0 Å². The molecule has 3 nitrogen and oxygen atoms in total. The zero-order valence-electron chi connectivity index (χ0n) is 7.64. The topological polar surface area (TPSA) is 40.7 Å². The predicted octanol–water partition coefficient (Wildman–Crippen LogP) is 2.40. The lowest BCUT2D eigenvalue weighted by Crippen LogP contribution is -2.02. The molecular formula is C9H17N3. The zero-order chi connectivity index (χ0) is 8.65. The molecule has 0 amide bonds. The van der Waals surface area contributed by atoms with Gasteiger partial charge in [0.2, 0.25) is 0 Å². The molecule has 3 heteroatoms. The van der Waals surface area contributed by atoms with Crippen LogP contribution in [0.25, 0.3) is 0 Å². The fraction of sp³-hybridized carbons (Fsp3) is 0.667. The fourth-order valence-corrected chi connectivity index (χ4v) is 1.12. The summed E-state index contributed by atoms with van der Waals surface area (Å²) in [7, 11) is 0.